The van der Waals surface area contributed by atoms with Gasteiger partial charge >= 0.3 is 0 Å². The van der Waals surface area contributed by atoms with Crippen LogP contribution in [-0.4, -0.2) is 10.2 Å². The van der Waals surface area contributed by atoms with Crippen LogP contribution in [0.1, 0.15) is 11.1 Å². The molecule has 0 atom stereocenters. The van der Waals surface area contributed by atoms with Gasteiger partial charge in [0, 0.05) is 0 Å². The van der Waals surface area contributed by atoms with Gasteiger partial charge in [0.1, 0.15) is 12.4 Å². The topological polar surface area (TPSA) is 29.5 Å². The van der Waals surface area contributed by atoms with E-state index in [1.54, 1.807) is 18.2 Å². The molecule has 0 aliphatic carbocycles. The standard InChI is InChI=1S/C23H15Cl2NO2S2/c24-19-10-9-17(13-20(19)25)26-22(27)21(30-23(26)29)12-16-7-4-8-18(11-16)28-14-15-5-2-1-3-6-15/h1-13H,14H2/b21-12-. The van der Waals surface area contributed by atoms with Crippen molar-refractivity contribution in [1.29, 1.82) is 0 Å². The molecule has 0 aromatic heterocycles. The van der Waals surface area contributed by atoms with Crippen LogP contribution in [0.5, 0.6) is 5.75 Å². The van der Waals surface area contributed by atoms with Gasteiger partial charge in [-0.3, -0.25) is 9.69 Å². The number of thioether (sulfide) groups is 1. The number of ether oxygens (including phenoxy) is 1. The third-order valence-corrected chi connectivity index (χ3v) is 6.40. The highest BCUT2D eigenvalue weighted by Crippen LogP contribution is 2.38. The van der Waals surface area contributed by atoms with Crippen LogP contribution in [-0.2, 0) is 11.4 Å². The molecule has 1 aliphatic heterocycles. The molecule has 0 bridgehead atoms. The summed E-state index contributed by atoms with van der Waals surface area (Å²) < 4.78 is 6.32. The quantitative estimate of drug-likeness (QED) is 0.296. The van der Waals surface area contributed by atoms with Gasteiger partial charge in [0.25, 0.3) is 5.91 Å². The molecule has 1 fully saturated rings. The van der Waals surface area contributed by atoms with E-state index in [0.29, 0.717) is 31.6 Å². The Morgan fingerprint density at radius 1 is 0.967 bits per heavy atom. The van der Waals surface area contributed by atoms with E-state index in [1.807, 2.05) is 60.7 Å². The van der Waals surface area contributed by atoms with Crippen molar-refractivity contribution < 1.29 is 9.53 Å². The zero-order valence-corrected chi connectivity index (χ0v) is 18.7. The Kier molecular flexibility index (Phi) is 6.44. The minimum Gasteiger partial charge on any atom is -0.489 e. The van der Waals surface area contributed by atoms with Gasteiger partial charge in [-0.2, -0.15) is 0 Å². The van der Waals surface area contributed by atoms with E-state index in [1.165, 1.54) is 16.7 Å². The van der Waals surface area contributed by atoms with Crippen LogP contribution in [0.15, 0.2) is 77.7 Å². The number of hydrogen-bond donors (Lipinski definition) is 0. The van der Waals surface area contributed by atoms with Gasteiger partial charge in [-0.25, -0.2) is 0 Å². The minimum absolute atomic E-state index is 0.195. The maximum Gasteiger partial charge on any atom is 0.270 e. The second-order valence-electron chi connectivity index (χ2n) is 6.46. The molecule has 30 heavy (non-hydrogen) atoms. The van der Waals surface area contributed by atoms with Gasteiger partial charge in [0.05, 0.1) is 20.6 Å². The third kappa shape index (κ3) is 4.71. The Hall–Kier alpha value is -2.31. The highest BCUT2D eigenvalue weighted by molar-refractivity contribution is 8.27. The van der Waals surface area contributed by atoms with E-state index in [0.717, 1.165) is 16.9 Å². The molecule has 0 N–H and O–H groups in total. The first-order chi connectivity index (χ1) is 14.5. The van der Waals surface area contributed by atoms with Crippen molar-refractivity contribution in [1.82, 2.24) is 0 Å². The fourth-order valence-corrected chi connectivity index (χ4v) is 4.49. The maximum atomic E-state index is 13.0. The summed E-state index contributed by atoms with van der Waals surface area (Å²) in [6.45, 7) is 0.476. The zero-order valence-electron chi connectivity index (χ0n) is 15.5. The smallest absolute Gasteiger partial charge is 0.270 e. The third-order valence-electron chi connectivity index (χ3n) is 4.36. The SMILES string of the molecule is O=C1/C(=C/c2cccc(OCc3ccccc3)c2)SC(=S)N1c1ccc(Cl)c(Cl)c1. The lowest BCUT2D eigenvalue weighted by Gasteiger charge is -2.15. The van der Waals surface area contributed by atoms with Crippen molar-refractivity contribution in [2.45, 2.75) is 6.61 Å². The fraction of sp³-hybridized carbons (Fsp3) is 0.0435. The van der Waals surface area contributed by atoms with E-state index in [4.69, 9.17) is 40.2 Å². The lowest BCUT2D eigenvalue weighted by atomic mass is 10.2. The molecule has 0 saturated carbocycles. The maximum absolute atomic E-state index is 13.0. The molecule has 1 amide bonds. The summed E-state index contributed by atoms with van der Waals surface area (Å²) in [6, 6.07) is 22.6. The van der Waals surface area contributed by atoms with Gasteiger partial charge in [-0.05, 0) is 47.5 Å². The van der Waals surface area contributed by atoms with Gasteiger partial charge < -0.3 is 4.74 Å². The van der Waals surface area contributed by atoms with E-state index in [-0.39, 0.29) is 5.91 Å². The number of benzene rings is 3. The molecule has 3 aromatic rings. The van der Waals surface area contributed by atoms with Crippen LogP contribution in [0.3, 0.4) is 0 Å². The molecule has 4 rings (SSSR count). The van der Waals surface area contributed by atoms with Crippen molar-refractivity contribution in [3.05, 3.63) is 98.9 Å². The molecule has 1 saturated heterocycles. The Morgan fingerprint density at radius 2 is 1.77 bits per heavy atom. The lowest BCUT2D eigenvalue weighted by molar-refractivity contribution is -0.113. The van der Waals surface area contributed by atoms with Crippen molar-refractivity contribution in [3.8, 4) is 5.75 Å². The van der Waals surface area contributed by atoms with Crippen LogP contribution in [0.25, 0.3) is 6.08 Å². The van der Waals surface area contributed by atoms with Crippen LogP contribution in [0.4, 0.5) is 5.69 Å². The predicted molar refractivity (Wildman–Crippen MR) is 129 cm³/mol. The summed E-state index contributed by atoms with van der Waals surface area (Å²) >= 11 is 18.7. The molecular weight excluding hydrogens is 457 g/mol. The first kappa shape index (κ1) is 20.9. The summed E-state index contributed by atoms with van der Waals surface area (Å²) in [7, 11) is 0. The molecule has 1 aliphatic rings. The summed E-state index contributed by atoms with van der Waals surface area (Å²) in [5.41, 5.74) is 2.54. The lowest BCUT2D eigenvalue weighted by Crippen LogP contribution is -2.27. The van der Waals surface area contributed by atoms with E-state index in [9.17, 15) is 4.79 Å². The zero-order chi connectivity index (χ0) is 21.1. The molecule has 1 heterocycles. The van der Waals surface area contributed by atoms with Crippen molar-refractivity contribution in [2.75, 3.05) is 4.90 Å². The Bertz CT molecular complexity index is 1150. The first-order valence-corrected chi connectivity index (χ1v) is 11.0. The number of carbonyl (C=O) groups excluding carboxylic acids is 1. The number of hydrogen-bond acceptors (Lipinski definition) is 4. The fourth-order valence-electron chi connectivity index (χ4n) is 2.90. The summed E-state index contributed by atoms with van der Waals surface area (Å²) in [5, 5.41) is 0.796. The van der Waals surface area contributed by atoms with Crippen LogP contribution in [0.2, 0.25) is 10.0 Å². The van der Waals surface area contributed by atoms with Crippen molar-refractivity contribution in [3.63, 3.8) is 0 Å². The minimum atomic E-state index is -0.195. The average Bonchev–Trinajstić information content (AvgIpc) is 3.02. The Labute approximate surface area is 194 Å². The molecule has 150 valence electrons. The number of halogens is 2. The van der Waals surface area contributed by atoms with E-state index < -0.39 is 0 Å². The molecule has 7 heteroatoms. The molecule has 3 aromatic carbocycles. The van der Waals surface area contributed by atoms with Crippen LogP contribution >= 0.6 is 47.2 Å². The number of amides is 1. The van der Waals surface area contributed by atoms with E-state index in [2.05, 4.69) is 0 Å². The second-order valence-corrected chi connectivity index (χ2v) is 8.95. The number of rotatable bonds is 5. The summed E-state index contributed by atoms with van der Waals surface area (Å²) in [4.78, 5) is 15.0. The van der Waals surface area contributed by atoms with Crippen molar-refractivity contribution >= 4 is 69.2 Å². The van der Waals surface area contributed by atoms with Crippen LogP contribution in [0, 0.1) is 0 Å². The number of anilines is 1. The highest BCUT2D eigenvalue weighted by atomic mass is 35.5. The number of nitrogens with zero attached hydrogens (tertiary/aromatic N) is 1. The Morgan fingerprint density at radius 3 is 2.53 bits per heavy atom. The molecule has 3 nitrogen and oxygen atoms in total. The summed E-state index contributed by atoms with van der Waals surface area (Å²) in [6.07, 6.45) is 1.81. The van der Waals surface area contributed by atoms with E-state index >= 15 is 0 Å². The monoisotopic (exact) mass is 471 g/mol. The number of thiocarbonyl (C=S) groups is 1. The first-order valence-electron chi connectivity index (χ1n) is 9.01. The molecule has 0 spiro atoms. The van der Waals surface area contributed by atoms with Gasteiger partial charge in [-0.15, -0.1) is 0 Å². The van der Waals surface area contributed by atoms with Gasteiger partial charge in [-0.1, -0.05) is 89.6 Å². The Balaban J connectivity index is 1.52. The van der Waals surface area contributed by atoms with Crippen LogP contribution < -0.4 is 9.64 Å². The number of carbonyl (C=O) groups is 1. The van der Waals surface area contributed by atoms with Crippen molar-refractivity contribution in [2.24, 2.45) is 0 Å². The molecule has 0 radical (unpaired) electrons. The molecule has 0 unspecified atom stereocenters. The average molecular weight is 472 g/mol. The van der Waals surface area contributed by atoms with Gasteiger partial charge in [0.2, 0.25) is 0 Å². The second kappa shape index (κ2) is 9.23. The summed E-state index contributed by atoms with van der Waals surface area (Å²) in [5.74, 6) is 0.534. The largest absolute Gasteiger partial charge is 0.489 e. The molecular formula is C23H15Cl2NO2S2. The predicted octanol–water partition coefficient (Wildman–Crippen LogP) is 6.98. The van der Waals surface area contributed by atoms with Gasteiger partial charge in [0.15, 0.2) is 4.32 Å². The highest BCUT2D eigenvalue weighted by Gasteiger charge is 2.33. The normalized spacial score (nSPS) is 15.1.